The highest BCUT2D eigenvalue weighted by molar-refractivity contribution is 5.75. The van der Waals surface area contributed by atoms with Crippen LogP contribution in [0, 0.1) is 6.92 Å². The Bertz CT molecular complexity index is 563. The zero-order valence-corrected chi connectivity index (χ0v) is 11.3. The minimum Gasteiger partial charge on any atom is -0.484 e. The number of nitrogens with zero attached hydrogens (tertiary/aromatic N) is 1. The van der Waals surface area contributed by atoms with Crippen LogP contribution in [0.4, 0.5) is 0 Å². The standard InChI is InChI=1S/C14H17N3O3/c1-10-6-13(20-17-10)8-16-7-11-2-4-12(5-3-11)19-9-14(15)18/h2-6,16H,7-9H2,1H3,(H2,15,18). The topological polar surface area (TPSA) is 90.4 Å². The van der Waals surface area contributed by atoms with Gasteiger partial charge in [0.15, 0.2) is 12.4 Å². The summed E-state index contributed by atoms with van der Waals surface area (Å²) in [5.41, 5.74) is 6.98. The molecule has 3 N–H and O–H groups in total. The second-order valence-electron chi connectivity index (χ2n) is 4.44. The van der Waals surface area contributed by atoms with Crippen LogP contribution in [-0.2, 0) is 17.9 Å². The lowest BCUT2D eigenvalue weighted by Gasteiger charge is -2.06. The summed E-state index contributed by atoms with van der Waals surface area (Å²) < 4.78 is 10.3. The number of carbonyl (C=O) groups is 1. The van der Waals surface area contributed by atoms with Crippen molar-refractivity contribution in [2.45, 2.75) is 20.0 Å². The maximum atomic E-state index is 10.6. The van der Waals surface area contributed by atoms with Gasteiger partial charge in [0.1, 0.15) is 5.75 Å². The van der Waals surface area contributed by atoms with Gasteiger partial charge in [0, 0.05) is 12.6 Å². The Morgan fingerprint density at radius 1 is 1.35 bits per heavy atom. The van der Waals surface area contributed by atoms with E-state index in [1.54, 1.807) is 12.1 Å². The van der Waals surface area contributed by atoms with Gasteiger partial charge in [0.2, 0.25) is 0 Å². The molecule has 2 rings (SSSR count). The molecule has 1 aromatic carbocycles. The zero-order chi connectivity index (χ0) is 14.4. The number of carbonyl (C=O) groups excluding carboxylic acids is 1. The molecule has 1 aromatic heterocycles. The van der Waals surface area contributed by atoms with Crippen LogP contribution >= 0.6 is 0 Å². The molecule has 0 saturated heterocycles. The summed E-state index contributed by atoms with van der Waals surface area (Å²) in [5, 5.41) is 7.07. The molecule has 0 radical (unpaired) electrons. The number of amides is 1. The van der Waals surface area contributed by atoms with Crippen molar-refractivity contribution in [2.24, 2.45) is 5.73 Å². The SMILES string of the molecule is Cc1cc(CNCc2ccc(OCC(N)=O)cc2)on1. The predicted octanol–water partition coefficient (Wildman–Crippen LogP) is 1.14. The van der Waals surface area contributed by atoms with Crippen molar-refractivity contribution in [3.05, 3.63) is 47.3 Å². The maximum absolute atomic E-state index is 10.6. The van der Waals surface area contributed by atoms with E-state index >= 15 is 0 Å². The van der Waals surface area contributed by atoms with Gasteiger partial charge in [0.05, 0.1) is 12.2 Å². The van der Waals surface area contributed by atoms with Crippen LogP contribution in [-0.4, -0.2) is 17.7 Å². The predicted molar refractivity (Wildman–Crippen MR) is 72.9 cm³/mol. The number of primary amides is 1. The number of aryl methyl sites for hydroxylation is 1. The molecule has 1 heterocycles. The minimum absolute atomic E-state index is 0.109. The van der Waals surface area contributed by atoms with E-state index in [1.807, 2.05) is 25.1 Å². The molecule has 0 atom stereocenters. The lowest BCUT2D eigenvalue weighted by molar-refractivity contribution is -0.119. The van der Waals surface area contributed by atoms with Gasteiger partial charge in [-0.1, -0.05) is 17.3 Å². The Labute approximate surface area is 116 Å². The van der Waals surface area contributed by atoms with E-state index in [0.717, 1.165) is 17.0 Å². The molecule has 1 amide bonds. The highest BCUT2D eigenvalue weighted by Gasteiger charge is 2.01. The third kappa shape index (κ3) is 4.40. The fraction of sp³-hybridized carbons (Fsp3) is 0.286. The van der Waals surface area contributed by atoms with Gasteiger partial charge in [-0.25, -0.2) is 0 Å². The largest absolute Gasteiger partial charge is 0.484 e. The van der Waals surface area contributed by atoms with Crippen molar-refractivity contribution in [1.29, 1.82) is 0 Å². The van der Waals surface area contributed by atoms with Crippen LogP contribution in [0.2, 0.25) is 0 Å². The lowest BCUT2D eigenvalue weighted by atomic mass is 10.2. The lowest BCUT2D eigenvalue weighted by Crippen LogP contribution is -2.20. The van der Waals surface area contributed by atoms with E-state index in [-0.39, 0.29) is 6.61 Å². The average molecular weight is 275 g/mol. The third-order valence-electron chi connectivity index (χ3n) is 2.61. The molecule has 0 aliphatic carbocycles. The van der Waals surface area contributed by atoms with Crippen molar-refractivity contribution < 1.29 is 14.1 Å². The van der Waals surface area contributed by atoms with Crippen molar-refractivity contribution in [3.8, 4) is 5.75 Å². The Balaban J connectivity index is 1.77. The zero-order valence-electron chi connectivity index (χ0n) is 11.3. The van der Waals surface area contributed by atoms with E-state index < -0.39 is 5.91 Å². The van der Waals surface area contributed by atoms with Crippen LogP contribution in [0.5, 0.6) is 5.75 Å². The minimum atomic E-state index is -0.488. The molecular weight excluding hydrogens is 258 g/mol. The van der Waals surface area contributed by atoms with Gasteiger partial charge < -0.3 is 20.3 Å². The smallest absolute Gasteiger partial charge is 0.255 e. The summed E-state index contributed by atoms with van der Waals surface area (Å²) >= 11 is 0. The molecule has 0 saturated carbocycles. The summed E-state index contributed by atoms with van der Waals surface area (Å²) in [5.74, 6) is 0.945. The normalized spacial score (nSPS) is 10.4. The van der Waals surface area contributed by atoms with Gasteiger partial charge in [-0.05, 0) is 24.6 Å². The van der Waals surface area contributed by atoms with E-state index in [9.17, 15) is 4.79 Å². The number of benzene rings is 1. The number of hydrogen-bond acceptors (Lipinski definition) is 5. The number of nitrogens with one attached hydrogen (secondary N) is 1. The maximum Gasteiger partial charge on any atom is 0.255 e. The van der Waals surface area contributed by atoms with Crippen molar-refractivity contribution in [1.82, 2.24) is 10.5 Å². The van der Waals surface area contributed by atoms with Crippen molar-refractivity contribution in [2.75, 3.05) is 6.61 Å². The first-order valence-corrected chi connectivity index (χ1v) is 6.26. The van der Waals surface area contributed by atoms with E-state index in [0.29, 0.717) is 18.8 Å². The Hall–Kier alpha value is -2.34. The third-order valence-corrected chi connectivity index (χ3v) is 2.61. The van der Waals surface area contributed by atoms with Gasteiger partial charge in [-0.3, -0.25) is 4.79 Å². The second-order valence-corrected chi connectivity index (χ2v) is 4.44. The van der Waals surface area contributed by atoms with Gasteiger partial charge in [-0.15, -0.1) is 0 Å². The molecule has 0 fully saturated rings. The van der Waals surface area contributed by atoms with Crippen LogP contribution in [0.1, 0.15) is 17.0 Å². The molecule has 0 aliphatic heterocycles. The molecule has 2 aromatic rings. The summed E-state index contributed by atoms with van der Waals surface area (Å²) in [7, 11) is 0. The molecule has 6 heteroatoms. The van der Waals surface area contributed by atoms with E-state index in [2.05, 4.69) is 10.5 Å². The van der Waals surface area contributed by atoms with Crippen molar-refractivity contribution in [3.63, 3.8) is 0 Å². The first-order valence-electron chi connectivity index (χ1n) is 6.26. The van der Waals surface area contributed by atoms with E-state index in [4.69, 9.17) is 15.0 Å². The van der Waals surface area contributed by atoms with Gasteiger partial charge in [-0.2, -0.15) is 0 Å². The van der Waals surface area contributed by atoms with Crippen LogP contribution < -0.4 is 15.8 Å². The number of ether oxygens (including phenoxy) is 1. The first-order chi connectivity index (χ1) is 9.63. The van der Waals surface area contributed by atoms with Crippen LogP contribution in [0.15, 0.2) is 34.9 Å². The molecule has 6 nitrogen and oxygen atoms in total. The summed E-state index contributed by atoms with van der Waals surface area (Å²) in [4.78, 5) is 10.6. The van der Waals surface area contributed by atoms with Crippen LogP contribution in [0.3, 0.4) is 0 Å². The van der Waals surface area contributed by atoms with E-state index in [1.165, 1.54) is 0 Å². The second kappa shape index (κ2) is 6.72. The molecule has 0 spiro atoms. The Morgan fingerprint density at radius 2 is 2.10 bits per heavy atom. The van der Waals surface area contributed by atoms with Gasteiger partial charge >= 0.3 is 0 Å². The number of nitrogens with two attached hydrogens (primary N) is 1. The number of aromatic nitrogens is 1. The molecule has 20 heavy (non-hydrogen) atoms. The summed E-state index contributed by atoms with van der Waals surface area (Å²) in [6.07, 6.45) is 0. The summed E-state index contributed by atoms with van der Waals surface area (Å²) in [6.45, 7) is 3.11. The molecule has 0 aliphatic rings. The highest BCUT2D eigenvalue weighted by atomic mass is 16.5. The molecule has 106 valence electrons. The van der Waals surface area contributed by atoms with Crippen LogP contribution in [0.25, 0.3) is 0 Å². The highest BCUT2D eigenvalue weighted by Crippen LogP contribution is 2.12. The van der Waals surface area contributed by atoms with Gasteiger partial charge in [0.25, 0.3) is 5.91 Å². The number of rotatable bonds is 7. The summed E-state index contributed by atoms with van der Waals surface area (Å²) in [6, 6.07) is 9.36. The van der Waals surface area contributed by atoms with Crippen molar-refractivity contribution >= 4 is 5.91 Å². The Morgan fingerprint density at radius 3 is 2.70 bits per heavy atom. The molecule has 0 unspecified atom stereocenters. The first kappa shape index (κ1) is 14.1. The fourth-order valence-electron chi connectivity index (χ4n) is 1.69. The number of hydrogen-bond donors (Lipinski definition) is 2. The monoisotopic (exact) mass is 275 g/mol. The Kier molecular flexibility index (Phi) is 4.73. The average Bonchev–Trinajstić information content (AvgIpc) is 2.83. The molecule has 0 bridgehead atoms. The fourth-order valence-corrected chi connectivity index (χ4v) is 1.69. The molecular formula is C14H17N3O3. The quantitative estimate of drug-likeness (QED) is 0.790.